The number of ether oxygens (including phenoxy) is 1. The number of carbonyl (C=O) groups is 1. The van der Waals surface area contributed by atoms with Crippen LogP contribution >= 0.6 is 0 Å². The van der Waals surface area contributed by atoms with Crippen LogP contribution in [0.1, 0.15) is 62.0 Å². The highest BCUT2D eigenvalue weighted by molar-refractivity contribution is 6.08. The van der Waals surface area contributed by atoms with Crippen LogP contribution in [-0.4, -0.2) is 63.1 Å². The number of amides is 1. The number of unbranched alkanes of at least 4 members (excludes halogenated alkanes) is 2. The number of carbonyl (C=O) groups excluding carboxylic acids is 1. The largest absolute Gasteiger partial charge is 0.378 e. The second-order valence-electron chi connectivity index (χ2n) is 10.9. The minimum Gasteiger partial charge on any atom is -0.378 e. The summed E-state index contributed by atoms with van der Waals surface area (Å²) in [6.45, 7) is 6.96. The van der Waals surface area contributed by atoms with Gasteiger partial charge in [-0.1, -0.05) is 44.0 Å². The molecule has 2 aliphatic rings. The molecule has 3 aromatic heterocycles. The van der Waals surface area contributed by atoms with Crippen LogP contribution in [0.4, 0.5) is 0 Å². The average Bonchev–Trinajstić information content (AvgIpc) is 3.29. The topological polar surface area (TPSA) is 63.5 Å². The Hall–Kier alpha value is -3.29. The van der Waals surface area contributed by atoms with E-state index in [1.165, 1.54) is 47.7 Å². The number of rotatable bonds is 9. The Morgan fingerprint density at radius 1 is 1.05 bits per heavy atom. The molecule has 0 unspecified atom stereocenters. The maximum Gasteiger partial charge on any atom is 0.242 e. The van der Waals surface area contributed by atoms with Gasteiger partial charge in [-0.2, -0.15) is 0 Å². The van der Waals surface area contributed by atoms with Crippen molar-refractivity contribution in [2.75, 3.05) is 32.8 Å². The first-order valence-electron chi connectivity index (χ1n) is 14.6. The van der Waals surface area contributed by atoms with Crippen molar-refractivity contribution in [1.82, 2.24) is 24.3 Å². The minimum absolute atomic E-state index is 0.135. The Labute approximate surface area is 230 Å². The molecule has 0 bridgehead atoms. The van der Waals surface area contributed by atoms with Crippen molar-refractivity contribution in [3.63, 3.8) is 0 Å². The lowest BCUT2D eigenvalue weighted by atomic mass is 9.90. The number of para-hydroxylation sites is 1. The molecular weight excluding hydrogens is 486 g/mol. The van der Waals surface area contributed by atoms with Gasteiger partial charge in [-0.05, 0) is 56.0 Å². The molecule has 0 saturated carbocycles. The quantitative estimate of drug-likeness (QED) is 0.270. The van der Waals surface area contributed by atoms with Gasteiger partial charge in [-0.15, -0.1) is 0 Å². The zero-order chi connectivity index (χ0) is 26.6. The number of nitrogens with zero attached hydrogens (tertiary/aromatic N) is 5. The molecule has 39 heavy (non-hydrogen) atoms. The summed E-state index contributed by atoms with van der Waals surface area (Å²) in [5.74, 6) is 0.135. The fourth-order valence-corrected chi connectivity index (χ4v) is 6.35. The third-order valence-electron chi connectivity index (χ3n) is 8.39. The minimum atomic E-state index is 0.135. The number of hydrogen-bond donors (Lipinski definition) is 0. The Balaban J connectivity index is 1.32. The van der Waals surface area contributed by atoms with E-state index in [2.05, 4.69) is 52.8 Å². The SMILES string of the molecule is CCCCCN(Cc1cc2c3ccccc3n(CC(=O)N3CCOCC3)c2cn1)[C@H]1CCCc2cccnc21. The van der Waals surface area contributed by atoms with Crippen LogP contribution in [0.5, 0.6) is 0 Å². The van der Waals surface area contributed by atoms with Crippen LogP contribution in [0.3, 0.4) is 0 Å². The zero-order valence-electron chi connectivity index (χ0n) is 23.0. The molecule has 6 rings (SSSR count). The number of morpholine rings is 1. The Morgan fingerprint density at radius 3 is 2.79 bits per heavy atom. The lowest BCUT2D eigenvalue weighted by molar-refractivity contribution is -0.135. The highest BCUT2D eigenvalue weighted by atomic mass is 16.5. The standard InChI is InChI=1S/C32H39N5O2/c1-2-3-6-15-36(29-13-7-9-24-10-8-14-33-32(24)29)22-25-20-27-26-11-4-5-12-28(26)37(30(27)21-34-25)23-31(38)35-16-18-39-19-17-35/h4-5,8,10-12,14,20-21,29H,2-3,6-7,9,13,15-19,22-23H2,1H3/t29-/m0/s1. The predicted molar refractivity (Wildman–Crippen MR) is 154 cm³/mol. The van der Waals surface area contributed by atoms with E-state index in [0.717, 1.165) is 42.7 Å². The third-order valence-corrected chi connectivity index (χ3v) is 8.39. The first-order valence-corrected chi connectivity index (χ1v) is 14.6. The van der Waals surface area contributed by atoms with Crippen molar-refractivity contribution in [2.45, 2.75) is 64.6 Å². The van der Waals surface area contributed by atoms with Crippen LogP contribution in [0.25, 0.3) is 21.8 Å². The molecule has 0 spiro atoms. The summed E-state index contributed by atoms with van der Waals surface area (Å²) in [6, 6.07) is 15.3. The summed E-state index contributed by atoms with van der Waals surface area (Å²) in [7, 11) is 0. The molecular formula is C32H39N5O2. The number of fused-ring (bicyclic) bond motifs is 4. The summed E-state index contributed by atoms with van der Waals surface area (Å²) in [6.07, 6.45) is 11.0. The van der Waals surface area contributed by atoms with Crippen LogP contribution in [-0.2, 0) is 29.0 Å². The van der Waals surface area contributed by atoms with E-state index in [-0.39, 0.29) is 5.91 Å². The Morgan fingerprint density at radius 2 is 1.92 bits per heavy atom. The van der Waals surface area contributed by atoms with Gasteiger partial charge in [-0.3, -0.25) is 19.7 Å². The number of aromatic nitrogens is 3. The fourth-order valence-electron chi connectivity index (χ4n) is 6.35. The Bertz CT molecular complexity index is 1440. The van der Waals surface area contributed by atoms with Gasteiger partial charge in [-0.25, -0.2) is 0 Å². The predicted octanol–water partition coefficient (Wildman–Crippen LogP) is 5.51. The van der Waals surface area contributed by atoms with Crippen LogP contribution in [0.15, 0.2) is 54.9 Å². The first-order chi connectivity index (χ1) is 19.2. The first kappa shape index (κ1) is 26.0. The molecule has 0 N–H and O–H groups in total. The lowest BCUT2D eigenvalue weighted by Gasteiger charge is -2.35. The molecule has 0 radical (unpaired) electrons. The van der Waals surface area contributed by atoms with Gasteiger partial charge in [0.25, 0.3) is 0 Å². The molecule has 4 aromatic rings. The van der Waals surface area contributed by atoms with Crippen LogP contribution in [0.2, 0.25) is 0 Å². The second-order valence-corrected chi connectivity index (χ2v) is 10.9. The van der Waals surface area contributed by atoms with Crippen LogP contribution in [0, 0.1) is 0 Å². The van der Waals surface area contributed by atoms with Crippen molar-refractivity contribution in [3.05, 3.63) is 71.8 Å². The van der Waals surface area contributed by atoms with Gasteiger partial charge < -0.3 is 14.2 Å². The molecule has 4 heterocycles. The smallest absolute Gasteiger partial charge is 0.242 e. The summed E-state index contributed by atoms with van der Waals surface area (Å²) < 4.78 is 7.58. The molecule has 1 atom stereocenters. The van der Waals surface area contributed by atoms with Gasteiger partial charge in [0, 0.05) is 42.1 Å². The fraction of sp³-hybridized carbons (Fsp3) is 0.469. The maximum absolute atomic E-state index is 13.2. The van der Waals surface area contributed by atoms with E-state index in [0.29, 0.717) is 38.9 Å². The van der Waals surface area contributed by atoms with E-state index >= 15 is 0 Å². The zero-order valence-corrected chi connectivity index (χ0v) is 23.0. The molecule has 1 aliphatic carbocycles. The summed E-state index contributed by atoms with van der Waals surface area (Å²) in [4.78, 5) is 27.5. The molecule has 7 nitrogen and oxygen atoms in total. The van der Waals surface area contributed by atoms with Crippen LogP contribution < -0.4 is 0 Å². The molecule has 1 amide bonds. The van der Waals surface area contributed by atoms with Gasteiger partial charge in [0.05, 0.1) is 42.4 Å². The molecule has 1 aliphatic heterocycles. The second kappa shape index (κ2) is 11.8. The lowest BCUT2D eigenvalue weighted by Crippen LogP contribution is -2.42. The van der Waals surface area contributed by atoms with Crippen molar-refractivity contribution in [3.8, 4) is 0 Å². The molecule has 1 fully saturated rings. The monoisotopic (exact) mass is 525 g/mol. The number of hydrogen-bond acceptors (Lipinski definition) is 5. The van der Waals surface area contributed by atoms with E-state index in [4.69, 9.17) is 14.7 Å². The van der Waals surface area contributed by atoms with Gasteiger partial charge in [0.2, 0.25) is 5.91 Å². The van der Waals surface area contributed by atoms with Gasteiger partial charge in [0.15, 0.2) is 0 Å². The van der Waals surface area contributed by atoms with Gasteiger partial charge >= 0.3 is 0 Å². The maximum atomic E-state index is 13.2. The number of pyridine rings is 2. The van der Waals surface area contributed by atoms with E-state index in [1.807, 2.05) is 23.4 Å². The van der Waals surface area contributed by atoms with E-state index < -0.39 is 0 Å². The average molecular weight is 526 g/mol. The highest BCUT2D eigenvalue weighted by Gasteiger charge is 2.28. The number of aryl methyl sites for hydroxylation is 1. The summed E-state index contributed by atoms with van der Waals surface area (Å²) in [5.41, 5.74) is 5.82. The normalized spacial score (nSPS) is 17.7. The third kappa shape index (κ3) is 5.43. The molecule has 1 saturated heterocycles. The van der Waals surface area contributed by atoms with E-state index in [1.54, 1.807) is 0 Å². The van der Waals surface area contributed by atoms with Gasteiger partial charge in [0.1, 0.15) is 6.54 Å². The van der Waals surface area contributed by atoms with Crippen molar-refractivity contribution >= 4 is 27.7 Å². The molecule has 204 valence electrons. The number of benzene rings is 1. The van der Waals surface area contributed by atoms with E-state index in [9.17, 15) is 4.79 Å². The summed E-state index contributed by atoms with van der Waals surface area (Å²) in [5, 5.41) is 2.34. The Kier molecular flexibility index (Phi) is 7.88. The summed E-state index contributed by atoms with van der Waals surface area (Å²) >= 11 is 0. The van der Waals surface area contributed by atoms with Crippen molar-refractivity contribution in [1.29, 1.82) is 0 Å². The van der Waals surface area contributed by atoms with Crippen molar-refractivity contribution < 1.29 is 9.53 Å². The molecule has 7 heteroatoms. The van der Waals surface area contributed by atoms with Crippen molar-refractivity contribution in [2.24, 2.45) is 0 Å². The highest BCUT2D eigenvalue weighted by Crippen LogP contribution is 2.35. The molecule has 1 aromatic carbocycles.